The van der Waals surface area contributed by atoms with Crippen LogP contribution < -0.4 is 52.9 Å². The Morgan fingerprint density at radius 1 is 0.346 bits per heavy atom. The van der Waals surface area contributed by atoms with Crippen LogP contribution in [0.2, 0.25) is 0 Å². The van der Waals surface area contributed by atoms with Crippen molar-refractivity contribution in [3.63, 3.8) is 0 Å². The second-order valence-electron chi connectivity index (χ2n) is 36.2. The zero-order valence-electron chi connectivity index (χ0n) is 67.4. The van der Waals surface area contributed by atoms with E-state index in [0.717, 1.165) is 201 Å². The number of hydrogen-bond donors (Lipinski definition) is 0. The van der Waals surface area contributed by atoms with Gasteiger partial charge in [0.05, 0.1) is 102 Å². The topological polar surface area (TPSA) is 112 Å². The molecule has 4 atom stereocenters. The minimum atomic E-state index is -0.494. The van der Waals surface area contributed by atoms with Gasteiger partial charge in [-0.25, -0.2) is 0 Å². The lowest BCUT2D eigenvalue weighted by molar-refractivity contribution is -0.515. The molecule has 0 aromatic heterocycles. The number of fused-ring (bicyclic) bond motifs is 16. The van der Waals surface area contributed by atoms with E-state index in [2.05, 4.69) is 194 Å². The van der Waals surface area contributed by atoms with Crippen molar-refractivity contribution in [3.05, 3.63) is 115 Å². The lowest BCUT2D eigenvalue weighted by atomic mass is 9.83. The maximum Gasteiger partial charge on any atom is 0.350 e. The number of ether oxygens (including phenoxy) is 6. The van der Waals surface area contributed by atoms with Crippen LogP contribution in [0, 0.1) is 0 Å². The molecule has 107 heavy (non-hydrogen) atoms. The summed E-state index contributed by atoms with van der Waals surface area (Å²) in [7, 11) is 4.53. The van der Waals surface area contributed by atoms with Crippen molar-refractivity contribution < 1.29 is 71.5 Å². The molecule has 0 spiro atoms. The summed E-state index contributed by atoms with van der Waals surface area (Å²) in [6, 6.07) is 18.7. The molecule has 0 radical (unpaired) electrons. The lowest BCUT2D eigenvalue weighted by Crippen LogP contribution is -3.00. The van der Waals surface area contributed by atoms with E-state index in [9.17, 15) is 0 Å². The minimum Gasteiger partial charge on any atom is -1.00 e. The Morgan fingerprint density at radius 3 is 0.907 bits per heavy atom. The first-order valence-electron chi connectivity index (χ1n) is 40.8. The van der Waals surface area contributed by atoms with Gasteiger partial charge in [0.25, 0.3) is 0 Å². The highest BCUT2D eigenvalue weighted by Gasteiger charge is 2.45. The van der Waals surface area contributed by atoms with Crippen molar-refractivity contribution in [1.29, 1.82) is 0 Å². The van der Waals surface area contributed by atoms with Gasteiger partial charge in [-0.2, -0.15) is 0 Å². The van der Waals surface area contributed by atoms with Crippen LogP contribution in [0.25, 0.3) is 0 Å². The van der Waals surface area contributed by atoms with E-state index >= 15 is 0 Å². The molecule has 4 aromatic rings. The number of aryl methyl sites for hydroxylation is 4. The number of halogens is 3. The second-order valence-corrected chi connectivity index (χ2v) is 36.2. The monoisotopic (exact) mass is 1660 g/mol. The number of nitrogens with zero attached hydrogens (tertiary/aromatic N) is 12. The third-order valence-corrected chi connectivity index (χ3v) is 24.0. The SMILES string of the molecule is Br.CC(C)(C)c1cc(CCCN2CCCN3CCCN=C32)c2c(c1)C1Oc3c(CCCN4CCCN5CCCN=C54)cc(C(C)(C)C)cc3C(O2)O1.C[N+]1=C2N(CCCc3cc(C(C)(C)C)cc4c3OC3OC4Oc4c(CCCN5CCCN6CCC[N+](C)=C56)cc(C(C)(C)C)cc43)CCCN2CCC1.[Br-].[Br-]. The summed E-state index contributed by atoms with van der Waals surface area (Å²) in [5.41, 5.74) is 14.3. The quantitative estimate of drug-likeness (QED) is 0.101. The standard InChI is InChI=1S/C44H66N6O3.C42H60N6O3.3BrH/c1-43(2,3)33-27-31(15-9-19-47-23-13-25-49-21-11-17-45(7)41(47)49)37-35(29-33)39-52-38-32(28-34(44(4,5)6)30-36(38)40(51-37)53-39)16-10-20-48-24-14-26-50-22-12-18-46(8)42(48)50;1-41(2,3)31-25-29(13-7-17-45-21-11-23-47-19-9-15-43-39(45)47)35-33(27-31)37-50-36-30(26-32(42(4,5)6)28-34(36)38(49-35)51-37)14-8-18-46-22-12-24-48-20-10-16-44-40(46)48;;;/h27-30,39-40H,9-26H2,1-8H3;25-28,37-38H,7-24H2,1-6H3;3*1H/q+2;;;;/p-2. The molecule has 4 bridgehead atoms. The number of hydrogen-bond acceptors (Lipinski definition) is 16. The highest BCUT2D eigenvalue weighted by atomic mass is 79.9. The maximum atomic E-state index is 7.01. The van der Waals surface area contributed by atoms with Crippen LogP contribution in [0.4, 0.5) is 0 Å². The molecular formula is C86H127Br3N12O6. The van der Waals surface area contributed by atoms with Crippen LogP contribution >= 0.6 is 17.0 Å². The van der Waals surface area contributed by atoms with Crippen molar-refractivity contribution >= 4 is 40.8 Å². The van der Waals surface area contributed by atoms with Crippen LogP contribution in [0.15, 0.2) is 58.5 Å². The van der Waals surface area contributed by atoms with Crippen LogP contribution in [-0.4, -0.2) is 217 Å². The van der Waals surface area contributed by atoms with Gasteiger partial charge < -0.3 is 72.5 Å². The second kappa shape index (κ2) is 33.4. The summed E-state index contributed by atoms with van der Waals surface area (Å²) in [6.45, 7) is 49.6. The molecule has 4 fully saturated rings. The third kappa shape index (κ3) is 17.4. The Bertz CT molecular complexity index is 3710. The zero-order valence-corrected chi connectivity index (χ0v) is 72.2. The van der Waals surface area contributed by atoms with Gasteiger partial charge in [-0.15, -0.1) is 17.0 Å². The van der Waals surface area contributed by atoms with Gasteiger partial charge in [0.15, 0.2) is 11.9 Å². The van der Waals surface area contributed by atoms with Crippen LogP contribution in [0.1, 0.15) is 252 Å². The van der Waals surface area contributed by atoms with E-state index in [4.69, 9.17) is 38.4 Å². The first-order chi connectivity index (χ1) is 49.9. The van der Waals surface area contributed by atoms with Crippen LogP contribution in [0.5, 0.6) is 23.0 Å². The van der Waals surface area contributed by atoms with Crippen molar-refractivity contribution in [2.75, 3.05) is 145 Å². The summed E-state index contributed by atoms with van der Waals surface area (Å²) in [4.78, 5) is 30.3. The summed E-state index contributed by atoms with van der Waals surface area (Å²) in [5.74, 6) is 9.14. The van der Waals surface area contributed by atoms with Gasteiger partial charge >= 0.3 is 11.9 Å². The fourth-order valence-electron chi connectivity index (χ4n) is 18.3. The van der Waals surface area contributed by atoms with E-state index in [-0.39, 0.29) is 72.6 Å². The first-order valence-corrected chi connectivity index (χ1v) is 40.8. The Labute approximate surface area is 672 Å². The van der Waals surface area contributed by atoms with Gasteiger partial charge in [0.1, 0.15) is 23.0 Å². The fraction of sp³-hybridized carbons (Fsp3) is 0.674. The van der Waals surface area contributed by atoms with Crippen LogP contribution in [-0.2, 0) is 56.8 Å². The molecule has 4 saturated heterocycles. The molecule has 0 N–H and O–H groups in total. The number of aliphatic imine (C=N–C) groups is 2. The van der Waals surface area contributed by atoms with E-state index in [1.54, 1.807) is 0 Å². The van der Waals surface area contributed by atoms with Gasteiger partial charge in [-0.05, 0) is 167 Å². The maximum absolute atomic E-state index is 7.01. The lowest BCUT2D eigenvalue weighted by Gasteiger charge is -2.42. The predicted octanol–water partition coefficient (Wildman–Crippen LogP) is 8.23. The summed E-state index contributed by atoms with van der Waals surface area (Å²) >= 11 is 0. The fourth-order valence-corrected chi connectivity index (χ4v) is 18.3. The Morgan fingerprint density at radius 2 is 0.607 bits per heavy atom. The molecule has 4 aromatic carbocycles. The summed E-state index contributed by atoms with van der Waals surface area (Å²) in [5, 5.41) is 0. The van der Waals surface area contributed by atoms with E-state index < -0.39 is 25.2 Å². The third-order valence-electron chi connectivity index (χ3n) is 24.0. The average Bonchev–Trinajstić information content (AvgIpc) is 0.738. The average molecular weight is 1660 g/mol. The van der Waals surface area contributed by atoms with Crippen LogP contribution in [0.3, 0.4) is 0 Å². The minimum absolute atomic E-state index is 0. The Balaban J connectivity index is 0.000000195. The van der Waals surface area contributed by atoms with Gasteiger partial charge in [0.2, 0.25) is 25.2 Å². The van der Waals surface area contributed by atoms with Gasteiger partial charge in [-0.3, -0.25) is 48.2 Å². The smallest absolute Gasteiger partial charge is 0.350 e. The van der Waals surface area contributed by atoms with E-state index in [1.165, 1.54) is 146 Å². The molecule has 12 heterocycles. The normalized spacial score (nSPS) is 22.3. The van der Waals surface area contributed by atoms with E-state index in [1.807, 2.05) is 0 Å². The Kier molecular flexibility index (Phi) is 25.3. The van der Waals surface area contributed by atoms with Crippen molar-refractivity contribution in [1.82, 2.24) is 39.2 Å². The van der Waals surface area contributed by atoms with Gasteiger partial charge in [0, 0.05) is 91.1 Å². The molecule has 0 aliphatic carbocycles. The molecule has 18 nitrogen and oxygen atoms in total. The van der Waals surface area contributed by atoms with E-state index in [0.29, 0.717) is 0 Å². The molecular weight excluding hydrogens is 1540 g/mol. The molecule has 12 aliphatic rings. The first kappa shape index (κ1) is 81.0. The molecule has 12 aliphatic heterocycles. The molecule has 21 heteroatoms. The predicted molar refractivity (Wildman–Crippen MR) is 426 cm³/mol. The Hall–Kier alpha value is -5.48. The largest absolute Gasteiger partial charge is 1.00 e. The number of benzene rings is 4. The molecule has 0 saturated carbocycles. The molecule has 4 unspecified atom stereocenters. The van der Waals surface area contributed by atoms with Crippen molar-refractivity contribution in [2.24, 2.45) is 9.98 Å². The molecule has 0 amide bonds. The molecule has 16 rings (SSSR count). The molecule has 588 valence electrons. The summed E-state index contributed by atoms with van der Waals surface area (Å²) < 4.78 is 46.2. The summed E-state index contributed by atoms with van der Waals surface area (Å²) in [6.07, 6.45) is 15.8. The van der Waals surface area contributed by atoms with Crippen molar-refractivity contribution in [2.45, 2.75) is 233 Å². The van der Waals surface area contributed by atoms with Gasteiger partial charge in [-0.1, -0.05) is 107 Å². The highest BCUT2D eigenvalue weighted by Crippen LogP contribution is 2.54. The van der Waals surface area contributed by atoms with Crippen molar-refractivity contribution in [3.8, 4) is 23.0 Å². The highest BCUT2D eigenvalue weighted by molar-refractivity contribution is 8.93. The zero-order chi connectivity index (χ0) is 72.4. The number of guanidine groups is 4. The number of rotatable bonds is 16.